The summed E-state index contributed by atoms with van der Waals surface area (Å²) in [7, 11) is 2.66. The number of rotatable bonds is 6. The fourth-order valence-corrected chi connectivity index (χ4v) is 4.33. The van der Waals surface area contributed by atoms with Crippen LogP contribution in [-0.4, -0.2) is 46.4 Å². The Balaban J connectivity index is 0.00000312. The van der Waals surface area contributed by atoms with Gasteiger partial charge in [-0.1, -0.05) is 19.4 Å². The third kappa shape index (κ3) is 7.08. The van der Waals surface area contributed by atoms with E-state index in [1.807, 2.05) is 25.1 Å². The van der Waals surface area contributed by atoms with E-state index in [0.717, 1.165) is 43.1 Å². The molecule has 1 aliphatic rings. The summed E-state index contributed by atoms with van der Waals surface area (Å²) in [6, 6.07) is 6.02. The summed E-state index contributed by atoms with van der Waals surface area (Å²) in [4.78, 5) is 8.67. The van der Waals surface area contributed by atoms with Gasteiger partial charge in [-0.05, 0) is 25.3 Å². The van der Waals surface area contributed by atoms with E-state index < -0.39 is 10.8 Å². The van der Waals surface area contributed by atoms with Gasteiger partial charge in [0.05, 0.1) is 19.3 Å². The van der Waals surface area contributed by atoms with Crippen molar-refractivity contribution in [1.29, 1.82) is 0 Å². The second-order valence-electron chi connectivity index (χ2n) is 5.90. The Labute approximate surface area is 170 Å². The first-order valence-corrected chi connectivity index (χ1v) is 9.88. The molecule has 1 fully saturated rings. The quantitative estimate of drug-likeness (QED) is 0.372. The molecule has 0 bridgehead atoms. The highest BCUT2D eigenvalue weighted by Crippen LogP contribution is 2.23. The first kappa shape index (κ1) is 22.1. The fourth-order valence-electron chi connectivity index (χ4n) is 2.98. The molecule has 2 N–H and O–H groups in total. The number of hydrogen-bond acceptors (Lipinski definition) is 4. The number of guanidine groups is 1. The predicted octanol–water partition coefficient (Wildman–Crippen LogP) is 2.45. The third-order valence-corrected chi connectivity index (χ3v) is 6.01. The van der Waals surface area contributed by atoms with E-state index in [1.165, 1.54) is 0 Å². The molecule has 1 aromatic heterocycles. The second kappa shape index (κ2) is 11.7. The Morgan fingerprint density at radius 3 is 2.92 bits per heavy atom. The van der Waals surface area contributed by atoms with Crippen LogP contribution in [0.1, 0.15) is 38.3 Å². The molecule has 1 aliphatic carbocycles. The molecule has 0 spiro atoms. The lowest BCUT2D eigenvalue weighted by atomic mass is 9.95. The van der Waals surface area contributed by atoms with Gasteiger partial charge in [-0.15, -0.1) is 24.0 Å². The van der Waals surface area contributed by atoms with Crippen molar-refractivity contribution in [2.24, 2.45) is 4.99 Å². The first-order chi connectivity index (χ1) is 11.7. The Morgan fingerprint density at radius 1 is 1.44 bits per heavy atom. The SMILES string of the molecule is CCS(=O)C1CCCC(NC(=NC)NCc2cccc(OC)n2)C1.I. The lowest BCUT2D eigenvalue weighted by Crippen LogP contribution is -2.46. The second-order valence-corrected chi connectivity index (χ2v) is 7.90. The Bertz CT molecular complexity index is 586. The Hall–Kier alpha value is -0.900. The van der Waals surface area contributed by atoms with E-state index in [0.29, 0.717) is 23.7 Å². The monoisotopic (exact) mass is 480 g/mol. The summed E-state index contributed by atoms with van der Waals surface area (Å²) >= 11 is 0. The minimum atomic E-state index is -0.712. The maximum absolute atomic E-state index is 12.1. The van der Waals surface area contributed by atoms with Crippen LogP contribution in [-0.2, 0) is 17.3 Å². The number of hydrogen-bond donors (Lipinski definition) is 2. The smallest absolute Gasteiger partial charge is 0.213 e. The van der Waals surface area contributed by atoms with E-state index in [4.69, 9.17) is 4.74 Å². The van der Waals surface area contributed by atoms with E-state index in [2.05, 4.69) is 20.6 Å². The van der Waals surface area contributed by atoms with Crippen molar-refractivity contribution in [3.05, 3.63) is 23.9 Å². The van der Waals surface area contributed by atoms with Crippen molar-refractivity contribution < 1.29 is 8.95 Å². The molecule has 25 heavy (non-hydrogen) atoms. The number of halogens is 1. The van der Waals surface area contributed by atoms with E-state index in [9.17, 15) is 4.21 Å². The Morgan fingerprint density at radius 2 is 2.24 bits per heavy atom. The normalized spacial score (nSPS) is 21.8. The zero-order chi connectivity index (χ0) is 17.4. The highest BCUT2D eigenvalue weighted by molar-refractivity contribution is 14.0. The number of aromatic nitrogens is 1. The molecular weight excluding hydrogens is 451 g/mol. The van der Waals surface area contributed by atoms with Crippen LogP contribution in [0.25, 0.3) is 0 Å². The molecule has 0 saturated heterocycles. The van der Waals surface area contributed by atoms with Crippen LogP contribution in [0, 0.1) is 0 Å². The van der Waals surface area contributed by atoms with Crippen LogP contribution in [0.4, 0.5) is 0 Å². The minimum absolute atomic E-state index is 0. The van der Waals surface area contributed by atoms with Crippen molar-refractivity contribution in [2.75, 3.05) is 19.9 Å². The van der Waals surface area contributed by atoms with Crippen molar-refractivity contribution in [1.82, 2.24) is 15.6 Å². The Kier molecular flexibility index (Phi) is 10.3. The molecule has 1 heterocycles. The fraction of sp³-hybridized carbons (Fsp3) is 0.647. The average molecular weight is 480 g/mol. The molecule has 2 rings (SSSR count). The van der Waals surface area contributed by atoms with Gasteiger partial charge < -0.3 is 15.4 Å². The standard InChI is InChI=1S/C17H28N4O2S.HI/c1-4-24(22)15-9-5-7-13(11-15)21-17(18-2)19-12-14-8-6-10-16(20-14)23-3;/h6,8,10,13,15H,4-5,7,9,11-12H2,1-3H3,(H2,18,19,21);1H. The number of ether oxygens (including phenoxy) is 1. The van der Waals surface area contributed by atoms with Crippen molar-refractivity contribution in [3.63, 3.8) is 0 Å². The average Bonchev–Trinajstić information content (AvgIpc) is 2.64. The zero-order valence-electron chi connectivity index (χ0n) is 15.2. The van der Waals surface area contributed by atoms with Gasteiger partial charge in [-0.25, -0.2) is 4.98 Å². The van der Waals surface area contributed by atoms with Crippen LogP contribution in [0.5, 0.6) is 5.88 Å². The number of pyridine rings is 1. The molecule has 142 valence electrons. The highest BCUT2D eigenvalue weighted by atomic mass is 127. The highest BCUT2D eigenvalue weighted by Gasteiger charge is 2.25. The van der Waals surface area contributed by atoms with Crippen molar-refractivity contribution >= 4 is 40.7 Å². The number of aliphatic imine (C=N–C) groups is 1. The minimum Gasteiger partial charge on any atom is -0.481 e. The summed E-state index contributed by atoms with van der Waals surface area (Å²) in [5.41, 5.74) is 0.894. The lowest BCUT2D eigenvalue weighted by Gasteiger charge is -2.30. The van der Waals surface area contributed by atoms with Gasteiger partial charge in [0.15, 0.2) is 5.96 Å². The van der Waals surface area contributed by atoms with Gasteiger partial charge in [0, 0.05) is 41.0 Å². The number of nitrogens with zero attached hydrogens (tertiary/aromatic N) is 2. The summed E-state index contributed by atoms with van der Waals surface area (Å²) in [6.07, 6.45) is 4.22. The van der Waals surface area contributed by atoms with Gasteiger partial charge in [-0.3, -0.25) is 9.20 Å². The summed E-state index contributed by atoms with van der Waals surface area (Å²) in [6.45, 7) is 2.57. The van der Waals surface area contributed by atoms with Crippen LogP contribution >= 0.6 is 24.0 Å². The summed E-state index contributed by atoms with van der Waals surface area (Å²) in [5, 5.41) is 7.05. The zero-order valence-corrected chi connectivity index (χ0v) is 18.3. The molecule has 0 aromatic carbocycles. The van der Waals surface area contributed by atoms with Crippen LogP contribution < -0.4 is 15.4 Å². The molecule has 8 heteroatoms. The van der Waals surface area contributed by atoms with Crippen molar-refractivity contribution in [2.45, 2.75) is 50.4 Å². The van der Waals surface area contributed by atoms with E-state index >= 15 is 0 Å². The molecule has 0 aliphatic heterocycles. The van der Waals surface area contributed by atoms with E-state index in [-0.39, 0.29) is 24.0 Å². The molecule has 0 radical (unpaired) electrons. The predicted molar refractivity (Wildman–Crippen MR) is 114 cm³/mol. The molecule has 1 aromatic rings. The maximum Gasteiger partial charge on any atom is 0.213 e. The number of methoxy groups -OCH3 is 1. The largest absolute Gasteiger partial charge is 0.481 e. The van der Waals surface area contributed by atoms with Gasteiger partial charge in [0.25, 0.3) is 0 Å². The van der Waals surface area contributed by atoms with Crippen LogP contribution in [0.3, 0.4) is 0 Å². The van der Waals surface area contributed by atoms with Gasteiger partial charge in [0.2, 0.25) is 5.88 Å². The molecule has 6 nitrogen and oxygen atoms in total. The third-order valence-electron chi connectivity index (χ3n) is 4.27. The van der Waals surface area contributed by atoms with Gasteiger partial charge >= 0.3 is 0 Å². The van der Waals surface area contributed by atoms with Crippen LogP contribution in [0.15, 0.2) is 23.2 Å². The molecule has 0 amide bonds. The molecule has 1 saturated carbocycles. The van der Waals surface area contributed by atoms with Crippen LogP contribution in [0.2, 0.25) is 0 Å². The van der Waals surface area contributed by atoms with E-state index in [1.54, 1.807) is 14.2 Å². The summed E-state index contributed by atoms with van der Waals surface area (Å²) in [5.74, 6) is 2.10. The molecular formula is C17H29IN4O2S. The molecule has 3 atom stereocenters. The first-order valence-electron chi connectivity index (χ1n) is 8.50. The van der Waals surface area contributed by atoms with Gasteiger partial charge in [0.1, 0.15) is 0 Å². The lowest BCUT2D eigenvalue weighted by molar-refractivity contribution is 0.396. The van der Waals surface area contributed by atoms with Gasteiger partial charge in [-0.2, -0.15) is 0 Å². The summed E-state index contributed by atoms with van der Waals surface area (Å²) < 4.78 is 17.2. The van der Waals surface area contributed by atoms with Crippen molar-refractivity contribution in [3.8, 4) is 5.88 Å². The number of nitrogens with one attached hydrogen (secondary N) is 2. The maximum atomic E-state index is 12.1. The topological polar surface area (TPSA) is 75.6 Å². The molecule has 3 unspecified atom stereocenters.